The Morgan fingerprint density at radius 2 is 2.05 bits per heavy atom. The van der Waals surface area contributed by atoms with Crippen LogP contribution in [0, 0.1) is 6.92 Å². The lowest BCUT2D eigenvalue weighted by atomic mass is 10.0. The number of rotatable bonds is 2. The zero-order valence-corrected chi connectivity index (χ0v) is 11.8. The van der Waals surface area contributed by atoms with Gasteiger partial charge >= 0.3 is 0 Å². The van der Waals surface area contributed by atoms with Gasteiger partial charge in [-0.15, -0.1) is 0 Å². The number of nitrogen functional groups attached to an aromatic ring is 1. The van der Waals surface area contributed by atoms with Crippen LogP contribution in [0.15, 0.2) is 24.4 Å². The van der Waals surface area contributed by atoms with E-state index in [4.69, 9.17) is 17.3 Å². The second kappa shape index (κ2) is 4.89. The van der Waals surface area contributed by atoms with Gasteiger partial charge in [-0.3, -0.25) is 0 Å². The molecule has 3 rings (SSSR count). The third-order valence-electron chi connectivity index (χ3n) is 3.93. The molecule has 0 spiro atoms. The molecule has 1 heterocycles. The fraction of sp³-hybridized carbons (Fsp3) is 0.400. The van der Waals surface area contributed by atoms with E-state index in [-0.39, 0.29) is 0 Å². The van der Waals surface area contributed by atoms with Crippen molar-refractivity contribution in [1.29, 1.82) is 0 Å². The molecular formula is C15H18ClN3. The van der Waals surface area contributed by atoms with Gasteiger partial charge in [0.2, 0.25) is 0 Å². The van der Waals surface area contributed by atoms with Gasteiger partial charge in [0.25, 0.3) is 0 Å². The van der Waals surface area contributed by atoms with Crippen molar-refractivity contribution in [2.24, 2.45) is 0 Å². The van der Waals surface area contributed by atoms with Crippen molar-refractivity contribution >= 4 is 17.3 Å². The monoisotopic (exact) mass is 275 g/mol. The molecule has 1 aromatic heterocycles. The Kier molecular flexibility index (Phi) is 3.23. The number of aromatic nitrogens is 2. The summed E-state index contributed by atoms with van der Waals surface area (Å²) in [5, 5.41) is 5.42. The zero-order chi connectivity index (χ0) is 13.4. The van der Waals surface area contributed by atoms with Crippen molar-refractivity contribution in [2.45, 2.75) is 38.5 Å². The van der Waals surface area contributed by atoms with Crippen molar-refractivity contribution in [1.82, 2.24) is 9.78 Å². The number of nitrogens with two attached hydrogens (primary N) is 1. The van der Waals surface area contributed by atoms with E-state index < -0.39 is 0 Å². The summed E-state index contributed by atoms with van der Waals surface area (Å²) in [6.07, 6.45) is 6.88. The van der Waals surface area contributed by atoms with E-state index in [1.807, 2.05) is 36.0 Å². The predicted octanol–water partition coefficient (Wildman–Crippen LogP) is 4.07. The van der Waals surface area contributed by atoms with Gasteiger partial charge in [0.1, 0.15) is 0 Å². The lowest BCUT2D eigenvalue weighted by Crippen LogP contribution is -2.00. The highest BCUT2D eigenvalue weighted by molar-refractivity contribution is 6.31. The van der Waals surface area contributed by atoms with E-state index in [0.717, 1.165) is 27.7 Å². The molecule has 100 valence electrons. The number of hydrogen-bond donors (Lipinski definition) is 1. The van der Waals surface area contributed by atoms with Crippen LogP contribution in [0.2, 0.25) is 5.02 Å². The van der Waals surface area contributed by atoms with Gasteiger partial charge in [-0.25, -0.2) is 4.68 Å². The first-order valence-electron chi connectivity index (χ1n) is 6.76. The fourth-order valence-corrected chi connectivity index (χ4v) is 2.95. The Morgan fingerprint density at radius 1 is 1.32 bits per heavy atom. The van der Waals surface area contributed by atoms with Crippen LogP contribution in [0.1, 0.15) is 42.9 Å². The van der Waals surface area contributed by atoms with Crippen molar-refractivity contribution in [3.63, 3.8) is 0 Å². The summed E-state index contributed by atoms with van der Waals surface area (Å²) in [6.45, 7) is 1.99. The van der Waals surface area contributed by atoms with Crippen LogP contribution in [0.5, 0.6) is 0 Å². The molecule has 0 bridgehead atoms. The largest absolute Gasteiger partial charge is 0.396 e. The third kappa shape index (κ3) is 2.35. The molecule has 1 saturated carbocycles. The molecular weight excluding hydrogens is 258 g/mol. The van der Waals surface area contributed by atoms with Gasteiger partial charge in [0, 0.05) is 10.9 Å². The zero-order valence-electron chi connectivity index (χ0n) is 11.1. The normalized spacial score (nSPS) is 16.1. The minimum Gasteiger partial charge on any atom is -0.396 e. The molecule has 1 aliphatic rings. The first kappa shape index (κ1) is 12.5. The lowest BCUT2D eigenvalue weighted by Gasteiger charge is -2.06. The maximum atomic E-state index is 6.17. The molecule has 1 fully saturated rings. The van der Waals surface area contributed by atoms with E-state index in [9.17, 15) is 0 Å². The van der Waals surface area contributed by atoms with Gasteiger partial charge in [-0.2, -0.15) is 5.10 Å². The summed E-state index contributed by atoms with van der Waals surface area (Å²) in [6, 6.07) is 5.96. The standard InChI is InChI=1S/C15H18ClN3/c1-10-6-7-12(8-13(10)16)19-9-14(17)15(18-19)11-4-2-3-5-11/h6-9,11H,2-5,17H2,1H3. The van der Waals surface area contributed by atoms with E-state index in [0.29, 0.717) is 5.92 Å². The minimum atomic E-state index is 0.530. The van der Waals surface area contributed by atoms with Crippen LogP contribution < -0.4 is 5.73 Å². The molecule has 0 amide bonds. The minimum absolute atomic E-state index is 0.530. The van der Waals surface area contributed by atoms with Crippen LogP contribution in [0.25, 0.3) is 5.69 Å². The quantitative estimate of drug-likeness (QED) is 0.898. The second-order valence-corrected chi connectivity index (χ2v) is 5.74. The van der Waals surface area contributed by atoms with Crippen LogP contribution in [0.3, 0.4) is 0 Å². The van der Waals surface area contributed by atoms with Crippen molar-refractivity contribution in [2.75, 3.05) is 5.73 Å². The Labute approximate surface area is 118 Å². The van der Waals surface area contributed by atoms with Gasteiger partial charge in [0.15, 0.2) is 0 Å². The molecule has 2 N–H and O–H groups in total. The smallest absolute Gasteiger partial charge is 0.0889 e. The summed E-state index contributed by atoms with van der Waals surface area (Å²) in [5.41, 5.74) is 9.99. The van der Waals surface area contributed by atoms with E-state index in [1.54, 1.807) is 0 Å². The first-order chi connectivity index (χ1) is 9.15. The summed E-state index contributed by atoms with van der Waals surface area (Å²) in [7, 11) is 0. The molecule has 3 nitrogen and oxygen atoms in total. The number of benzene rings is 1. The molecule has 4 heteroatoms. The SMILES string of the molecule is Cc1ccc(-n2cc(N)c(C3CCCC3)n2)cc1Cl. The number of anilines is 1. The second-order valence-electron chi connectivity index (χ2n) is 5.33. The van der Waals surface area contributed by atoms with Crippen molar-refractivity contribution in [3.05, 3.63) is 40.7 Å². The van der Waals surface area contributed by atoms with Gasteiger partial charge in [-0.1, -0.05) is 30.5 Å². The van der Waals surface area contributed by atoms with Crippen LogP contribution in [-0.4, -0.2) is 9.78 Å². The van der Waals surface area contributed by atoms with Gasteiger partial charge in [0.05, 0.1) is 23.3 Å². The summed E-state index contributed by atoms with van der Waals surface area (Å²) >= 11 is 6.17. The van der Waals surface area contributed by atoms with Gasteiger partial charge in [-0.05, 0) is 37.5 Å². The van der Waals surface area contributed by atoms with Gasteiger partial charge < -0.3 is 5.73 Å². The first-order valence-corrected chi connectivity index (χ1v) is 7.14. The Balaban J connectivity index is 1.96. The maximum Gasteiger partial charge on any atom is 0.0889 e. The van der Waals surface area contributed by atoms with Crippen molar-refractivity contribution in [3.8, 4) is 5.69 Å². The maximum absolute atomic E-state index is 6.17. The summed E-state index contributed by atoms with van der Waals surface area (Å²) in [5.74, 6) is 0.530. The molecule has 1 aromatic carbocycles. The number of halogens is 1. The van der Waals surface area contributed by atoms with Crippen LogP contribution in [0.4, 0.5) is 5.69 Å². The highest BCUT2D eigenvalue weighted by Crippen LogP contribution is 2.36. The predicted molar refractivity (Wildman–Crippen MR) is 78.9 cm³/mol. The Hall–Kier alpha value is -1.48. The lowest BCUT2D eigenvalue weighted by molar-refractivity contribution is 0.680. The Morgan fingerprint density at radius 3 is 2.74 bits per heavy atom. The molecule has 1 aliphatic carbocycles. The summed E-state index contributed by atoms with van der Waals surface area (Å²) < 4.78 is 1.84. The molecule has 19 heavy (non-hydrogen) atoms. The van der Waals surface area contributed by atoms with Crippen molar-refractivity contribution < 1.29 is 0 Å². The Bertz CT molecular complexity index is 597. The van der Waals surface area contributed by atoms with Crippen LogP contribution >= 0.6 is 11.6 Å². The van der Waals surface area contributed by atoms with Crippen LogP contribution in [-0.2, 0) is 0 Å². The molecule has 0 radical (unpaired) electrons. The van der Waals surface area contributed by atoms with E-state index in [1.165, 1.54) is 25.7 Å². The molecule has 0 unspecified atom stereocenters. The molecule has 2 aromatic rings. The average molecular weight is 276 g/mol. The molecule has 0 aliphatic heterocycles. The number of aryl methyl sites for hydroxylation is 1. The summed E-state index contributed by atoms with van der Waals surface area (Å²) in [4.78, 5) is 0. The number of hydrogen-bond acceptors (Lipinski definition) is 2. The number of nitrogens with zero attached hydrogens (tertiary/aromatic N) is 2. The highest BCUT2D eigenvalue weighted by Gasteiger charge is 2.22. The third-order valence-corrected chi connectivity index (χ3v) is 4.34. The fourth-order valence-electron chi connectivity index (χ4n) is 2.77. The van der Waals surface area contributed by atoms with E-state index >= 15 is 0 Å². The molecule has 0 saturated heterocycles. The topological polar surface area (TPSA) is 43.8 Å². The average Bonchev–Trinajstić information content (AvgIpc) is 3.01. The highest BCUT2D eigenvalue weighted by atomic mass is 35.5. The molecule has 0 atom stereocenters. The van der Waals surface area contributed by atoms with E-state index in [2.05, 4.69) is 5.10 Å².